The maximum absolute atomic E-state index is 12.2. The van der Waals surface area contributed by atoms with E-state index in [0.29, 0.717) is 6.54 Å². The van der Waals surface area contributed by atoms with Gasteiger partial charge in [-0.15, -0.1) is 0 Å². The van der Waals surface area contributed by atoms with Crippen LogP contribution in [0.3, 0.4) is 0 Å². The molecule has 0 saturated heterocycles. The van der Waals surface area contributed by atoms with E-state index in [4.69, 9.17) is 10.9 Å². The summed E-state index contributed by atoms with van der Waals surface area (Å²) in [6.45, 7) is 5.22. The van der Waals surface area contributed by atoms with Crippen LogP contribution in [0.15, 0.2) is 5.16 Å². The molecule has 0 aromatic rings. The van der Waals surface area contributed by atoms with Crippen molar-refractivity contribution in [2.45, 2.75) is 20.8 Å². The van der Waals surface area contributed by atoms with E-state index in [9.17, 15) is 9.59 Å². The molecule has 0 saturated carbocycles. The summed E-state index contributed by atoms with van der Waals surface area (Å²) in [6, 6.07) is 0. The molecule has 0 rings (SSSR count). The van der Waals surface area contributed by atoms with Crippen LogP contribution in [0.1, 0.15) is 20.8 Å². The Morgan fingerprint density at radius 3 is 2.17 bits per heavy atom. The molecule has 0 radical (unpaired) electrons. The van der Waals surface area contributed by atoms with Crippen molar-refractivity contribution in [3.05, 3.63) is 0 Å². The molecule has 3 N–H and O–H groups in total. The zero-order valence-electron chi connectivity index (χ0n) is 11.6. The van der Waals surface area contributed by atoms with Crippen LogP contribution >= 0.6 is 0 Å². The second-order valence-electron chi connectivity index (χ2n) is 4.72. The number of oxime groups is 1. The molecular weight excluding hydrogens is 236 g/mol. The predicted octanol–water partition coefficient (Wildman–Crippen LogP) is -0.304. The van der Waals surface area contributed by atoms with Crippen LogP contribution in [0.4, 0.5) is 0 Å². The van der Waals surface area contributed by atoms with Crippen LogP contribution in [-0.4, -0.2) is 59.8 Å². The molecular formula is C11H22N4O3. The number of hydrogen-bond acceptors (Lipinski definition) is 4. The largest absolute Gasteiger partial charge is 0.409 e. The summed E-state index contributed by atoms with van der Waals surface area (Å²) in [5.74, 6) is -0.709. The fourth-order valence-corrected chi connectivity index (χ4v) is 1.26. The lowest BCUT2D eigenvalue weighted by Gasteiger charge is -2.30. The van der Waals surface area contributed by atoms with Crippen molar-refractivity contribution in [1.82, 2.24) is 9.80 Å². The van der Waals surface area contributed by atoms with Crippen molar-refractivity contribution < 1.29 is 14.8 Å². The number of amides is 2. The molecule has 0 bridgehead atoms. The monoisotopic (exact) mass is 258 g/mol. The molecule has 7 heteroatoms. The maximum Gasteiger partial charge on any atom is 0.241 e. The third-order valence-electron chi connectivity index (χ3n) is 2.78. The first-order chi connectivity index (χ1) is 8.18. The molecule has 0 unspecified atom stereocenters. The summed E-state index contributed by atoms with van der Waals surface area (Å²) in [6.07, 6.45) is 0. The first-order valence-corrected chi connectivity index (χ1v) is 5.66. The zero-order valence-corrected chi connectivity index (χ0v) is 11.6. The van der Waals surface area contributed by atoms with Gasteiger partial charge in [0.2, 0.25) is 11.8 Å². The predicted molar refractivity (Wildman–Crippen MR) is 68.1 cm³/mol. The van der Waals surface area contributed by atoms with Crippen LogP contribution < -0.4 is 5.73 Å². The van der Waals surface area contributed by atoms with E-state index in [1.54, 1.807) is 34.9 Å². The standard InChI is InChI=1S/C11H22N4O3/c1-6-15(7-8(16)14(4)5)10(17)11(2,3)9(12)13-18/h18H,6-7H2,1-5H3,(H2,12,13). The van der Waals surface area contributed by atoms with Crippen molar-refractivity contribution in [3.8, 4) is 0 Å². The molecule has 0 aliphatic carbocycles. The second kappa shape index (κ2) is 6.23. The number of amidine groups is 1. The molecule has 0 atom stereocenters. The Hall–Kier alpha value is -1.79. The van der Waals surface area contributed by atoms with Crippen molar-refractivity contribution in [3.63, 3.8) is 0 Å². The lowest BCUT2D eigenvalue weighted by molar-refractivity contribution is -0.142. The topological polar surface area (TPSA) is 99.2 Å². The fourth-order valence-electron chi connectivity index (χ4n) is 1.26. The van der Waals surface area contributed by atoms with Gasteiger partial charge >= 0.3 is 0 Å². The number of carbonyl (C=O) groups excluding carboxylic acids is 2. The van der Waals surface area contributed by atoms with Crippen LogP contribution in [0, 0.1) is 5.41 Å². The minimum absolute atomic E-state index is 0.0233. The third kappa shape index (κ3) is 3.61. The van der Waals surface area contributed by atoms with Gasteiger partial charge in [-0.05, 0) is 20.8 Å². The normalized spacial score (nSPS) is 12.2. The first-order valence-electron chi connectivity index (χ1n) is 5.66. The van der Waals surface area contributed by atoms with Gasteiger partial charge in [0.15, 0.2) is 5.84 Å². The quantitative estimate of drug-likeness (QED) is 0.306. The Morgan fingerprint density at radius 1 is 1.33 bits per heavy atom. The van der Waals surface area contributed by atoms with Gasteiger partial charge < -0.3 is 20.7 Å². The molecule has 7 nitrogen and oxygen atoms in total. The van der Waals surface area contributed by atoms with E-state index in [1.807, 2.05) is 0 Å². The smallest absolute Gasteiger partial charge is 0.241 e. The van der Waals surface area contributed by atoms with Gasteiger partial charge in [-0.2, -0.15) is 0 Å². The maximum atomic E-state index is 12.2. The highest BCUT2D eigenvalue weighted by molar-refractivity contribution is 6.06. The van der Waals surface area contributed by atoms with Crippen LogP contribution in [-0.2, 0) is 9.59 Å². The highest BCUT2D eigenvalue weighted by atomic mass is 16.4. The highest BCUT2D eigenvalue weighted by Crippen LogP contribution is 2.19. The molecule has 0 spiro atoms. The summed E-state index contributed by atoms with van der Waals surface area (Å²) in [5.41, 5.74) is 4.35. The molecule has 104 valence electrons. The average molecular weight is 258 g/mol. The van der Waals surface area contributed by atoms with E-state index < -0.39 is 5.41 Å². The zero-order chi connectivity index (χ0) is 14.5. The van der Waals surface area contributed by atoms with Crippen molar-refractivity contribution >= 4 is 17.6 Å². The SMILES string of the molecule is CCN(CC(=O)N(C)C)C(=O)C(C)(C)C(N)=NO. The molecule has 0 fully saturated rings. The summed E-state index contributed by atoms with van der Waals surface area (Å²) >= 11 is 0. The number of likely N-dealkylation sites (N-methyl/N-ethyl adjacent to an activating group) is 2. The Kier molecular flexibility index (Phi) is 5.61. The molecule has 0 aliphatic heterocycles. The van der Waals surface area contributed by atoms with Crippen LogP contribution in [0.2, 0.25) is 0 Å². The number of nitrogens with two attached hydrogens (primary N) is 1. The number of rotatable bonds is 5. The lowest BCUT2D eigenvalue weighted by Crippen LogP contribution is -2.50. The van der Waals surface area contributed by atoms with Gasteiger partial charge in [0.1, 0.15) is 5.41 Å². The van der Waals surface area contributed by atoms with E-state index in [0.717, 1.165) is 0 Å². The Labute approximate surface area is 107 Å². The minimum Gasteiger partial charge on any atom is -0.409 e. The fraction of sp³-hybridized carbons (Fsp3) is 0.727. The molecule has 0 aromatic carbocycles. The van der Waals surface area contributed by atoms with E-state index in [2.05, 4.69) is 5.16 Å². The average Bonchev–Trinajstić information content (AvgIpc) is 2.33. The van der Waals surface area contributed by atoms with E-state index in [-0.39, 0.29) is 24.2 Å². The van der Waals surface area contributed by atoms with Crippen molar-refractivity contribution in [1.29, 1.82) is 0 Å². The Morgan fingerprint density at radius 2 is 1.83 bits per heavy atom. The molecule has 2 amide bonds. The van der Waals surface area contributed by atoms with Crippen molar-refractivity contribution in [2.24, 2.45) is 16.3 Å². The Bertz CT molecular complexity index is 350. The highest BCUT2D eigenvalue weighted by Gasteiger charge is 2.36. The lowest BCUT2D eigenvalue weighted by atomic mass is 9.90. The van der Waals surface area contributed by atoms with Gasteiger partial charge in [-0.3, -0.25) is 9.59 Å². The van der Waals surface area contributed by atoms with Gasteiger partial charge in [-0.1, -0.05) is 5.16 Å². The van der Waals surface area contributed by atoms with Gasteiger partial charge in [0, 0.05) is 20.6 Å². The van der Waals surface area contributed by atoms with Gasteiger partial charge in [-0.25, -0.2) is 0 Å². The Balaban J connectivity index is 4.98. The summed E-state index contributed by atoms with van der Waals surface area (Å²) in [5, 5.41) is 11.5. The summed E-state index contributed by atoms with van der Waals surface area (Å²) in [4.78, 5) is 26.6. The van der Waals surface area contributed by atoms with Gasteiger partial charge in [0.25, 0.3) is 0 Å². The second-order valence-corrected chi connectivity index (χ2v) is 4.72. The van der Waals surface area contributed by atoms with Crippen LogP contribution in [0.5, 0.6) is 0 Å². The summed E-state index contributed by atoms with van der Waals surface area (Å²) in [7, 11) is 3.24. The first kappa shape index (κ1) is 16.2. The number of hydrogen-bond donors (Lipinski definition) is 2. The van der Waals surface area contributed by atoms with Gasteiger partial charge in [0.05, 0.1) is 6.54 Å². The van der Waals surface area contributed by atoms with E-state index in [1.165, 1.54) is 9.80 Å². The number of carbonyl (C=O) groups is 2. The third-order valence-corrected chi connectivity index (χ3v) is 2.78. The van der Waals surface area contributed by atoms with E-state index >= 15 is 0 Å². The number of nitrogens with zero attached hydrogens (tertiary/aromatic N) is 3. The van der Waals surface area contributed by atoms with Crippen LogP contribution in [0.25, 0.3) is 0 Å². The molecule has 18 heavy (non-hydrogen) atoms. The molecule has 0 aliphatic rings. The molecule has 0 aromatic heterocycles. The van der Waals surface area contributed by atoms with Crippen molar-refractivity contribution in [2.75, 3.05) is 27.2 Å². The summed E-state index contributed by atoms with van der Waals surface area (Å²) < 4.78 is 0. The molecule has 0 heterocycles. The minimum atomic E-state index is -1.14.